The fraction of sp³-hybridized carbons (Fsp3) is 0.263. The zero-order chi connectivity index (χ0) is 19.3. The van der Waals surface area contributed by atoms with Crippen LogP contribution in [-0.2, 0) is 14.8 Å². The summed E-state index contributed by atoms with van der Waals surface area (Å²) in [5.41, 5.74) is 2.77. The molecule has 2 aromatic carbocycles. The molecular formula is C19H22N2O4S. The molecule has 0 aliphatic carbocycles. The van der Waals surface area contributed by atoms with Crippen molar-refractivity contribution in [3.63, 3.8) is 0 Å². The van der Waals surface area contributed by atoms with Crippen LogP contribution in [0.4, 0.5) is 0 Å². The maximum Gasteiger partial charge on any atom is 0.292 e. The SMILES string of the molecule is Cc1ccc(C(=O)C(=O)NCCNS(=O)(=O)c2cc(C)ccc2C)cc1. The summed E-state index contributed by atoms with van der Waals surface area (Å²) in [5, 5.41) is 2.43. The molecule has 0 radical (unpaired) electrons. The van der Waals surface area contributed by atoms with Gasteiger partial charge in [0.2, 0.25) is 15.8 Å². The average molecular weight is 374 g/mol. The first-order valence-corrected chi connectivity index (χ1v) is 9.65. The van der Waals surface area contributed by atoms with Crippen molar-refractivity contribution in [1.82, 2.24) is 10.0 Å². The molecule has 0 aliphatic heterocycles. The van der Waals surface area contributed by atoms with Crippen molar-refractivity contribution in [3.8, 4) is 0 Å². The molecule has 0 aliphatic rings. The minimum Gasteiger partial charge on any atom is -0.348 e. The molecule has 0 spiro atoms. The van der Waals surface area contributed by atoms with Gasteiger partial charge in [-0.2, -0.15) is 0 Å². The Kier molecular flexibility index (Phi) is 6.28. The smallest absolute Gasteiger partial charge is 0.292 e. The van der Waals surface area contributed by atoms with E-state index in [2.05, 4.69) is 10.0 Å². The number of benzene rings is 2. The molecule has 0 atom stereocenters. The van der Waals surface area contributed by atoms with Gasteiger partial charge in [0.25, 0.3) is 5.91 Å². The number of carbonyl (C=O) groups excluding carboxylic acids is 2. The Labute approximate surface area is 153 Å². The van der Waals surface area contributed by atoms with Gasteiger partial charge in [0.05, 0.1) is 4.90 Å². The number of Topliss-reactive ketones (excluding diaryl/α,β-unsaturated/α-hetero) is 1. The Morgan fingerprint density at radius 3 is 2.15 bits per heavy atom. The van der Waals surface area contributed by atoms with E-state index in [0.29, 0.717) is 11.1 Å². The molecule has 0 saturated carbocycles. The van der Waals surface area contributed by atoms with Gasteiger partial charge >= 0.3 is 0 Å². The summed E-state index contributed by atoms with van der Waals surface area (Å²) in [7, 11) is -3.67. The topological polar surface area (TPSA) is 92.3 Å². The van der Waals surface area contributed by atoms with Crippen molar-refractivity contribution < 1.29 is 18.0 Å². The molecule has 7 heteroatoms. The van der Waals surface area contributed by atoms with Gasteiger partial charge in [0.1, 0.15) is 0 Å². The molecule has 0 saturated heterocycles. The summed E-state index contributed by atoms with van der Waals surface area (Å²) >= 11 is 0. The minimum absolute atomic E-state index is 0.0113. The normalized spacial score (nSPS) is 11.2. The maximum absolute atomic E-state index is 12.3. The van der Waals surface area contributed by atoms with Gasteiger partial charge in [-0.15, -0.1) is 0 Å². The Hall–Kier alpha value is -2.51. The van der Waals surface area contributed by atoms with E-state index in [9.17, 15) is 18.0 Å². The van der Waals surface area contributed by atoms with E-state index in [1.165, 1.54) is 0 Å². The third-order valence-corrected chi connectivity index (χ3v) is 5.46. The van der Waals surface area contributed by atoms with Crippen LogP contribution in [0.1, 0.15) is 27.0 Å². The summed E-state index contributed by atoms with van der Waals surface area (Å²) in [5.74, 6) is -1.41. The number of hydrogen-bond acceptors (Lipinski definition) is 4. The third kappa shape index (κ3) is 5.00. The Balaban J connectivity index is 1.89. The Bertz CT molecular complexity index is 919. The van der Waals surface area contributed by atoms with Crippen LogP contribution in [0, 0.1) is 20.8 Å². The van der Waals surface area contributed by atoms with Crippen molar-refractivity contribution in [2.75, 3.05) is 13.1 Å². The summed E-state index contributed by atoms with van der Waals surface area (Å²) < 4.78 is 27.1. The fourth-order valence-corrected chi connectivity index (χ4v) is 3.71. The predicted octanol–water partition coefficient (Wildman–Crippen LogP) is 1.89. The van der Waals surface area contributed by atoms with E-state index in [4.69, 9.17) is 0 Å². The molecule has 0 unspecified atom stereocenters. The van der Waals surface area contributed by atoms with Crippen LogP contribution in [-0.4, -0.2) is 33.2 Å². The number of amides is 1. The summed E-state index contributed by atoms with van der Waals surface area (Å²) in [6.07, 6.45) is 0. The van der Waals surface area contributed by atoms with Crippen molar-refractivity contribution in [3.05, 3.63) is 64.7 Å². The van der Waals surface area contributed by atoms with Crippen LogP contribution in [0.25, 0.3) is 0 Å². The highest BCUT2D eigenvalue weighted by Gasteiger charge is 2.18. The molecule has 1 amide bonds. The first-order chi connectivity index (χ1) is 12.2. The molecule has 2 N–H and O–H groups in total. The third-order valence-electron chi connectivity index (χ3n) is 3.86. The summed E-state index contributed by atoms with van der Waals surface area (Å²) in [6, 6.07) is 11.8. The lowest BCUT2D eigenvalue weighted by atomic mass is 10.1. The second-order valence-corrected chi connectivity index (χ2v) is 7.85. The van der Waals surface area contributed by atoms with E-state index in [1.54, 1.807) is 43.3 Å². The number of sulfonamides is 1. The number of nitrogens with one attached hydrogen (secondary N) is 2. The summed E-state index contributed by atoms with van der Waals surface area (Å²) in [4.78, 5) is 24.1. The van der Waals surface area contributed by atoms with Crippen LogP contribution >= 0.6 is 0 Å². The van der Waals surface area contributed by atoms with Gasteiger partial charge in [0, 0.05) is 18.7 Å². The molecule has 0 bridgehead atoms. The van der Waals surface area contributed by atoms with Gasteiger partial charge in [-0.25, -0.2) is 13.1 Å². The van der Waals surface area contributed by atoms with E-state index in [1.807, 2.05) is 19.9 Å². The first kappa shape index (κ1) is 19.8. The zero-order valence-electron chi connectivity index (χ0n) is 15.0. The van der Waals surface area contributed by atoms with Gasteiger partial charge < -0.3 is 5.32 Å². The lowest BCUT2D eigenvalue weighted by Gasteiger charge is -2.10. The van der Waals surface area contributed by atoms with E-state index < -0.39 is 21.7 Å². The standard InChI is InChI=1S/C19H22N2O4S/c1-13-5-8-16(9-6-13)18(22)19(23)20-10-11-21-26(24,25)17-12-14(2)4-7-15(17)3/h4-9,12,21H,10-11H2,1-3H3,(H,20,23). The van der Waals surface area contributed by atoms with Crippen molar-refractivity contribution in [1.29, 1.82) is 0 Å². The second-order valence-electron chi connectivity index (χ2n) is 6.12. The molecule has 0 fully saturated rings. The number of rotatable bonds is 7. The van der Waals surface area contributed by atoms with Crippen LogP contribution in [0.5, 0.6) is 0 Å². The average Bonchev–Trinajstić information content (AvgIpc) is 2.60. The number of hydrogen-bond donors (Lipinski definition) is 2. The molecule has 0 aromatic heterocycles. The highest BCUT2D eigenvalue weighted by atomic mass is 32.2. The first-order valence-electron chi connectivity index (χ1n) is 8.17. The van der Waals surface area contributed by atoms with Crippen LogP contribution in [0.3, 0.4) is 0 Å². The fourth-order valence-electron chi connectivity index (χ4n) is 2.35. The van der Waals surface area contributed by atoms with Crippen molar-refractivity contribution in [2.45, 2.75) is 25.7 Å². The highest BCUT2D eigenvalue weighted by molar-refractivity contribution is 7.89. The number of aryl methyl sites for hydroxylation is 3. The molecule has 6 nitrogen and oxygen atoms in total. The van der Waals surface area contributed by atoms with Gasteiger partial charge in [0.15, 0.2) is 0 Å². The Morgan fingerprint density at radius 2 is 1.50 bits per heavy atom. The summed E-state index contributed by atoms with van der Waals surface area (Å²) in [6.45, 7) is 5.42. The van der Waals surface area contributed by atoms with Gasteiger partial charge in [-0.05, 0) is 38.0 Å². The predicted molar refractivity (Wildman–Crippen MR) is 99.6 cm³/mol. The quantitative estimate of drug-likeness (QED) is 0.440. The van der Waals surface area contributed by atoms with Crippen molar-refractivity contribution in [2.24, 2.45) is 0 Å². The zero-order valence-corrected chi connectivity index (χ0v) is 15.8. The molecule has 2 rings (SSSR count). The molecule has 26 heavy (non-hydrogen) atoms. The second kappa shape index (κ2) is 8.25. The van der Waals surface area contributed by atoms with Crippen LogP contribution in [0.15, 0.2) is 47.4 Å². The molecular weight excluding hydrogens is 352 g/mol. The van der Waals surface area contributed by atoms with E-state index in [0.717, 1.165) is 11.1 Å². The van der Waals surface area contributed by atoms with E-state index in [-0.39, 0.29) is 18.0 Å². The minimum atomic E-state index is -3.67. The lowest BCUT2D eigenvalue weighted by molar-refractivity contribution is -0.116. The molecule has 2 aromatic rings. The largest absolute Gasteiger partial charge is 0.348 e. The van der Waals surface area contributed by atoms with Crippen molar-refractivity contribution >= 4 is 21.7 Å². The van der Waals surface area contributed by atoms with Crippen LogP contribution < -0.4 is 10.0 Å². The Morgan fingerprint density at radius 1 is 0.885 bits per heavy atom. The van der Waals surface area contributed by atoms with Gasteiger partial charge in [-0.3, -0.25) is 9.59 Å². The lowest BCUT2D eigenvalue weighted by Crippen LogP contribution is -2.38. The molecule has 0 heterocycles. The van der Waals surface area contributed by atoms with Gasteiger partial charge in [-0.1, -0.05) is 42.0 Å². The van der Waals surface area contributed by atoms with E-state index >= 15 is 0 Å². The monoisotopic (exact) mass is 374 g/mol. The van der Waals surface area contributed by atoms with Crippen LogP contribution in [0.2, 0.25) is 0 Å². The maximum atomic E-state index is 12.3. The highest BCUT2D eigenvalue weighted by Crippen LogP contribution is 2.16. The number of carbonyl (C=O) groups is 2. The molecule has 138 valence electrons. The number of ketones is 1.